The van der Waals surface area contributed by atoms with Crippen molar-refractivity contribution in [1.29, 1.82) is 0 Å². The maximum absolute atomic E-state index is 12.5. The second-order valence-corrected chi connectivity index (χ2v) is 7.31. The van der Waals surface area contributed by atoms with Gasteiger partial charge >= 0.3 is 0 Å². The quantitative estimate of drug-likeness (QED) is 0.828. The fourth-order valence-electron chi connectivity index (χ4n) is 2.83. The summed E-state index contributed by atoms with van der Waals surface area (Å²) >= 11 is 0. The van der Waals surface area contributed by atoms with E-state index in [1.54, 1.807) is 15.7 Å². The second kappa shape index (κ2) is 6.32. The largest absolute Gasteiger partial charge is 0.317 e. The van der Waals surface area contributed by atoms with Crippen molar-refractivity contribution in [3.63, 3.8) is 0 Å². The van der Waals surface area contributed by atoms with Crippen molar-refractivity contribution >= 4 is 10.2 Å². The molecule has 6 heteroatoms. The topological polar surface area (TPSA) is 52.7 Å². The van der Waals surface area contributed by atoms with Gasteiger partial charge in [0.1, 0.15) is 0 Å². The van der Waals surface area contributed by atoms with Crippen molar-refractivity contribution in [2.75, 3.05) is 33.2 Å². The predicted octanol–water partition coefficient (Wildman–Crippen LogP) is 0.791. The van der Waals surface area contributed by atoms with Crippen molar-refractivity contribution in [2.24, 2.45) is 0 Å². The lowest BCUT2D eigenvalue weighted by atomic mass is 10.1. The number of nitrogens with one attached hydrogen (secondary N) is 1. The Hall–Kier alpha value is -0.170. The van der Waals surface area contributed by atoms with E-state index in [0.29, 0.717) is 13.1 Å². The van der Waals surface area contributed by atoms with Gasteiger partial charge in [0.15, 0.2) is 0 Å². The third-order valence-corrected chi connectivity index (χ3v) is 6.11. The molecule has 5 nitrogen and oxygen atoms in total. The summed E-state index contributed by atoms with van der Waals surface area (Å²) in [6.45, 7) is 3.31. The first-order chi connectivity index (χ1) is 8.62. The highest BCUT2D eigenvalue weighted by Crippen LogP contribution is 2.20. The zero-order valence-corrected chi connectivity index (χ0v) is 12.1. The molecule has 0 aromatic rings. The van der Waals surface area contributed by atoms with Crippen LogP contribution < -0.4 is 5.32 Å². The van der Waals surface area contributed by atoms with Crippen LogP contribution in [0.25, 0.3) is 0 Å². The van der Waals surface area contributed by atoms with E-state index in [1.807, 2.05) is 0 Å². The maximum Gasteiger partial charge on any atom is 0.281 e. The van der Waals surface area contributed by atoms with E-state index in [9.17, 15) is 8.42 Å². The third kappa shape index (κ3) is 3.23. The number of nitrogens with zero attached hydrogens (tertiary/aromatic N) is 2. The zero-order chi connectivity index (χ0) is 13.0. The van der Waals surface area contributed by atoms with Crippen molar-refractivity contribution in [3.8, 4) is 0 Å². The van der Waals surface area contributed by atoms with Crippen LogP contribution in [0.3, 0.4) is 0 Å². The summed E-state index contributed by atoms with van der Waals surface area (Å²) < 4.78 is 28.3. The lowest BCUT2D eigenvalue weighted by molar-refractivity contribution is 0.279. The molecule has 2 heterocycles. The van der Waals surface area contributed by atoms with E-state index >= 15 is 0 Å². The number of hydrogen-bond acceptors (Lipinski definition) is 3. The maximum atomic E-state index is 12.5. The van der Waals surface area contributed by atoms with E-state index in [2.05, 4.69) is 5.32 Å². The van der Waals surface area contributed by atoms with Crippen LogP contribution in [-0.2, 0) is 10.2 Å². The number of rotatable bonds is 3. The Morgan fingerprint density at radius 1 is 1.06 bits per heavy atom. The summed E-state index contributed by atoms with van der Waals surface area (Å²) in [6, 6.07) is 0.159. The molecule has 1 atom stereocenters. The van der Waals surface area contributed by atoms with Crippen molar-refractivity contribution in [1.82, 2.24) is 13.9 Å². The van der Waals surface area contributed by atoms with Gasteiger partial charge in [-0.15, -0.1) is 0 Å². The molecule has 18 heavy (non-hydrogen) atoms. The van der Waals surface area contributed by atoms with Crippen LogP contribution in [0.15, 0.2) is 0 Å². The summed E-state index contributed by atoms with van der Waals surface area (Å²) in [6.07, 6.45) is 6.10. The Labute approximate surface area is 111 Å². The molecule has 2 aliphatic rings. The van der Waals surface area contributed by atoms with Gasteiger partial charge in [-0.05, 0) is 45.2 Å². The van der Waals surface area contributed by atoms with Crippen molar-refractivity contribution < 1.29 is 8.42 Å². The van der Waals surface area contributed by atoms with E-state index < -0.39 is 10.2 Å². The SMILES string of the molecule is CN(C1CCCNCC1)S(=O)(=O)N1CCCCC1. The fraction of sp³-hybridized carbons (Fsp3) is 1.00. The molecule has 0 amide bonds. The number of hydrogen-bond donors (Lipinski definition) is 1. The van der Waals surface area contributed by atoms with Gasteiger partial charge < -0.3 is 5.32 Å². The molecule has 0 radical (unpaired) electrons. The van der Waals surface area contributed by atoms with Crippen LogP contribution >= 0.6 is 0 Å². The summed E-state index contributed by atoms with van der Waals surface area (Å²) in [7, 11) is -1.49. The molecular formula is C12H25N3O2S. The summed E-state index contributed by atoms with van der Waals surface area (Å²) in [5.74, 6) is 0. The lowest BCUT2D eigenvalue weighted by Gasteiger charge is -2.34. The molecule has 0 saturated carbocycles. The smallest absolute Gasteiger partial charge is 0.281 e. The first-order valence-corrected chi connectivity index (χ1v) is 8.46. The lowest BCUT2D eigenvalue weighted by Crippen LogP contribution is -2.48. The molecule has 0 spiro atoms. The highest BCUT2D eigenvalue weighted by molar-refractivity contribution is 7.86. The van der Waals surface area contributed by atoms with Gasteiger partial charge in [-0.2, -0.15) is 17.0 Å². The molecule has 2 rings (SSSR count). The molecule has 106 valence electrons. The monoisotopic (exact) mass is 275 g/mol. The minimum absolute atomic E-state index is 0.159. The summed E-state index contributed by atoms with van der Waals surface area (Å²) in [5.41, 5.74) is 0. The molecule has 0 aromatic carbocycles. The van der Waals surface area contributed by atoms with Gasteiger partial charge in [-0.25, -0.2) is 0 Å². The van der Waals surface area contributed by atoms with Gasteiger partial charge in [0, 0.05) is 26.2 Å². The second-order valence-electron chi connectivity index (χ2n) is 5.32. The van der Waals surface area contributed by atoms with Crippen molar-refractivity contribution in [2.45, 2.75) is 44.6 Å². The highest BCUT2D eigenvalue weighted by atomic mass is 32.2. The third-order valence-electron chi connectivity index (χ3n) is 4.06. The first kappa shape index (κ1) is 14.2. The molecule has 2 fully saturated rings. The van der Waals surface area contributed by atoms with Crippen LogP contribution in [-0.4, -0.2) is 56.3 Å². The van der Waals surface area contributed by atoms with E-state index in [4.69, 9.17) is 0 Å². The average Bonchev–Trinajstić information content (AvgIpc) is 2.67. The standard InChI is InChI=1S/C12H25N3O2S/c1-14(12-6-5-8-13-9-7-12)18(16,17)15-10-3-2-4-11-15/h12-13H,2-11H2,1H3. The Morgan fingerprint density at radius 2 is 1.78 bits per heavy atom. The molecule has 0 bridgehead atoms. The van der Waals surface area contributed by atoms with Gasteiger partial charge in [-0.1, -0.05) is 6.42 Å². The number of piperidine rings is 1. The Balaban J connectivity index is 2.02. The average molecular weight is 275 g/mol. The van der Waals surface area contributed by atoms with Crippen molar-refractivity contribution in [3.05, 3.63) is 0 Å². The summed E-state index contributed by atoms with van der Waals surface area (Å²) in [5, 5.41) is 3.33. The van der Waals surface area contributed by atoms with Crippen LogP contribution in [0.4, 0.5) is 0 Å². The molecule has 1 unspecified atom stereocenters. The molecule has 1 N–H and O–H groups in total. The van der Waals surface area contributed by atoms with Crippen LogP contribution in [0.5, 0.6) is 0 Å². The Kier molecular flexibility index (Phi) is 5.00. The van der Waals surface area contributed by atoms with Crippen LogP contribution in [0.1, 0.15) is 38.5 Å². The van der Waals surface area contributed by atoms with Gasteiger partial charge in [-0.3, -0.25) is 0 Å². The van der Waals surface area contributed by atoms with Gasteiger partial charge in [0.2, 0.25) is 0 Å². The minimum atomic E-state index is -3.24. The van der Waals surface area contributed by atoms with Gasteiger partial charge in [0.25, 0.3) is 10.2 Å². The highest BCUT2D eigenvalue weighted by Gasteiger charge is 2.32. The minimum Gasteiger partial charge on any atom is -0.317 e. The Morgan fingerprint density at radius 3 is 2.50 bits per heavy atom. The first-order valence-electron chi connectivity index (χ1n) is 7.06. The normalized spacial score (nSPS) is 28.2. The Bertz CT molecular complexity index is 344. The molecule has 0 aromatic heterocycles. The fourth-order valence-corrected chi connectivity index (χ4v) is 4.50. The van der Waals surface area contributed by atoms with E-state index in [1.165, 1.54) is 0 Å². The van der Waals surface area contributed by atoms with Gasteiger partial charge in [0.05, 0.1) is 0 Å². The predicted molar refractivity (Wildman–Crippen MR) is 72.6 cm³/mol. The van der Waals surface area contributed by atoms with E-state index in [-0.39, 0.29) is 6.04 Å². The van der Waals surface area contributed by atoms with Crippen LogP contribution in [0.2, 0.25) is 0 Å². The van der Waals surface area contributed by atoms with E-state index in [0.717, 1.165) is 51.6 Å². The molecule has 2 saturated heterocycles. The zero-order valence-electron chi connectivity index (χ0n) is 11.3. The van der Waals surface area contributed by atoms with Crippen LogP contribution in [0, 0.1) is 0 Å². The molecule has 0 aliphatic carbocycles. The molecule has 2 aliphatic heterocycles. The molecular weight excluding hydrogens is 250 g/mol. The summed E-state index contributed by atoms with van der Waals surface area (Å²) in [4.78, 5) is 0.